The van der Waals surface area contributed by atoms with E-state index < -0.39 is 29.0 Å². The van der Waals surface area contributed by atoms with Gasteiger partial charge in [0.05, 0.1) is 0 Å². The molecule has 0 aliphatic carbocycles. The quantitative estimate of drug-likeness (QED) is 0.264. The Morgan fingerprint density at radius 2 is 0.909 bits per heavy atom. The fourth-order valence-corrected chi connectivity index (χ4v) is 0. The summed E-state index contributed by atoms with van der Waals surface area (Å²) in [7, 11) is 0. The van der Waals surface area contributed by atoms with Crippen LogP contribution in [0, 0.1) is 0 Å². The minimum absolute atomic E-state index is 0. The molecule has 11 heteroatoms. The average molecular weight is 368 g/mol. The van der Waals surface area contributed by atoms with Crippen LogP contribution in [0.15, 0.2) is 0 Å². The van der Waals surface area contributed by atoms with Gasteiger partial charge >= 0.3 is 119 Å². The summed E-state index contributed by atoms with van der Waals surface area (Å²) in [5.74, 6) is 0. The molecule has 8 nitrogen and oxygen atoms in total. The van der Waals surface area contributed by atoms with Gasteiger partial charge in [0.25, 0.3) is 0 Å². The molecule has 0 aliphatic heterocycles. The van der Waals surface area contributed by atoms with Crippen molar-refractivity contribution in [2.45, 2.75) is 0 Å². The molecule has 64 valence electrons. The van der Waals surface area contributed by atoms with E-state index in [0.717, 1.165) is 0 Å². The summed E-state index contributed by atoms with van der Waals surface area (Å²) < 4.78 is 62.6. The van der Waals surface area contributed by atoms with E-state index in [2.05, 4.69) is 0 Å². The van der Waals surface area contributed by atoms with Crippen molar-refractivity contribution in [2.75, 3.05) is 0 Å². The second-order valence-electron chi connectivity index (χ2n) is 1.00. The molecule has 0 amide bonds. The first-order chi connectivity index (χ1) is 4.00. The van der Waals surface area contributed by atoms with E-state index in [0.29, 0.717) is 0 Å². The van der Waals surface area contributed by atoms with Crippen molar-refractivity contribution in [3.8, 4) is 0 Å². The van der Waals surface area contributed by atoms with Crippen molar-refractivity contribution in [3.05, 3.63) is 0 Å². The number of rotatable bonds is 0. The van der Waals surface area contributed by atoms with Gasteiger partial charge in [0.2, 0.25) is 0 Å². The maximum absolute atomic E-state index is 8.94. The topological polar surface area (TPSA) is 158 Å². The van der Waals surface area contributed by atoms with Gasteiger partial charge in [0.15, 0.2) is 0 Å². The predicted octanol–water partition coefficient (Wildman–Crippen LogP) is -7.97. The van der Waals surface area contributed by atoms with Crippen LogP contribution < -0.4 is 62.3 Å². The Morgan fingerprint density at radius 1 is 0.909 bits per heavy atom. The second-order valence-corrected chi connectivity index (χ2v) is 5.22. The van der Waals surface area contributed by atoms with Crippen molar-refractivity contribution in [3.63, 3.8) is 0 Å². The van der Waals surface area contributed by atoms with Crippen LogP contribution >= 0.6 is 0 Å². The third-order valence-electron chi connectivity index (χ3n) is 0. The first kappa shape index (κ1) is 19.0. The van der Waals surface area contributed by atoms with Gasteiger partial charge in [-0.1, -0.05) is 0 Å². The molecular formula is H5As2O8Rb. The molecule has 0 radical (unpaired) electrons. The minimum Gasteiger partial charge on any atom is 1.00 e. The minimum atomic E-state index is -5.38. The molecule has 0 aromatic heterocycles. The summed E-state index contributed by atoms with van der Waals surface area (Å²) in [5.41, 5.74) is 0. The van der Waals surface area contributed by atoms with Gasteiger partial charge in [-0.15, -0.1) is 0 Å². The van der Waals surface area contributed by atoms with E-state index in [9.17, 15) is 0 Å². The Balaban J connectivity index is -0.000000107. The Morgan fingerprint density at radius 3 is 0.909 bits per heavy atom. The molecule has 0 aromatic carbocycles. The van der Waals surface area contributed by atoms with Gasteiger partial charge in [-0.05, 0) is 0 Å². The zero-order valence-corrected chi connectivity index (χ0v) is 14.0. The van der Waals surface area contributed by atoms with Crippen LogP contribution in [0.5, 0.6) is 0 Å². The van der Waals surface area contributed by atoms with Gasteiger partial charge < -0.3 is 0 Å². The van der Waals surface area contributed by atoms with Gasteiger partial charge in [-0.2, -0.15) is 0 Å². The zero-order valence-electron chi connectivity index (χ0n) is 5.36. The average Bonchev–Trinajstić information content (AvgIpc) is 1.12. The molecule has 0 saturated carbocycles. The van der Waals surface area contributed by atoms with E-state index in [1.807, 2.05) is 0 Å². The van der Waals surface area contributed by atoms with Gasteiger partial charge in [-0.3, -0.25) is 0 Å². The van der Waals surface area contributed by atoms with E-state index in [-0.39, 0.29) is 58.2 Å². The van der Waals surface area contributed by atoms with E-state index >= 15 is 0 Å². The van der Waals surface area contributed by atoms with Gasteiger partial charge in [-0.25, -0.2) is 0 Å². The molecule has 0 saturated heterocycles. The van der Waals surface area contributed by atoms with Crippen LogP contribution in [0.2, 0.25) is 0 Å². The Labute approximate surface area is 117 Å². The van der Waals surface area contributed by atoms with E-state index in [1.165, 1.54) is 0 Å². The summed E-state index contributed by atoms with van der Waals surface area (Å²) in [6.07, 6.45) is 0. The molecule has 0 aromatic rings. The third kappa shape index (κ3) is 249. The third-order valence-corrected chi connectivity index (χ3v) is 0. The standard InChI is InChI=1S/2AsH3O4.Rb/c2*2-1(3,4)5;/h2*(H3,2,3,4,5);/q;;+1/p-1. The van der Waals surface area contributed by atoms with Gasteiger partial charge in [0.1, 0.15) is 0 Å². The molecule has 5 N–H and O–H groups in total. The predicted molar refractivity (Wildman–Crippen MR) is 24.0 cm³/mol. The maximum Gasteiger partial charge on any atom is 1.00 e. The fourth-order valence-electron chi connectivity index (χ4n) is 0. The molecule has 0 rings (SSSR count). The summed E-state index contributed by atoms with van der Waals surface area (Å²) >= 11 is -10.5. The SMILES string of the molecule is O=[As](O)(O)O.O=[As]([O-])(O)O.[Rb+]. The van der Waals surface area contributed by atoms with Crippen molar-refractivity contribution < 1.29 is 90.2 Å². The molecule has 0 aliphatic rings. The molecule has 0 spiro atoms. The molecule has 0 unspecified atom stereocenters. The van der Waals surface area contributed by atoms with Crippen LogP contribution in [0.4, 0.5) is 0 Å². The summed E-state index contributed by atoms with van der Waals surface area (Å²) in [4.78, 5) is 0. The molecule has 0 bridgehead atoms. The summed E-state index contributed by atoms with van der Waals surface area (Å²) in [6, 6.07) is 0. The van der Waals surface area contributed by atoms with Gasteiger partial charge in [0, 0.05) is 0 Å². The second kappa shape index (κ2) is 7.66. The Bertz CT molecular complexity index is 124. The van der Waals surface area contributed by atoms with Crippen LogP contribution in [0.1, 0.15) is 0 Å². The molecule has 11 heavy (non-hydrogen) atoms. The van der Waals surface area contributed by atoms with E-state index in [1.54, 1.807) is 0 Å². The van der Waals surface area contributed by atoms with Crippen LogP contribution in [0.25, 0.3) is 0 Å². The van der Waals surface area contributed by atoms with Crippen molar-refractivity contribution >= 4 is 29.0 Å². The number of hydrogen-bond acceptors (Lipinski definition) is 3. The van der Waals surface area contributed by atoms with E-state index in [4.69, 9.17) is 32.1 Å². The maximum atomic E-state index is 8.94. The largest absolute Gasteiger partial charge is 1.00 e. The van der Waals surface area contributed by atoms with Crippen LogP contribution in [0.3, 0.4) is 0 Å². The molecule has 0 fully saturated rings. The summed E-state index contributed by atoms with van der Waals surface area (Å²) in [5, 5.41) is 0. The smallest absolute Gasteiger partial charge is 1.00 e. The first-order valence-corrected chi connectivity index (χ1v) is 8.04. The van der Waals surface area contributed by atoms with Crippen LogP contribution in [-0.2, 0) is 7.48 Å². The Kier molecular flexibility index (Phi) is 13.2. The molecular weight excluding hydrogens is 363 g/mol. The monoisotopic (exact) mass is 368 g/mol. The van der Waals surface area contributed by atoms with Crippen molar-refractivity contribution in [1.82, 2.24) is 0 Å². The molecule has 0 heterocycles. The number of hydrogen-bond donors (Lipinski definition) is 5. The first-order valence-electron chi connectivity index (χ1n) is 1.55. The normalized spacial score (nSPS) is 10.7. The Hall–Kier alpha value is 2.28. The molecule has 0 atom stereocenters. The van der Waals surface area contributed by atoms with Crippen LogP contribution in [-0.4, -0.2) is 49.5 Å². The zero-order chi connectivity index (χ0) is 9.00. The summed E-state index contributed by atoms with van der Waals surface area (Å²) in [6.45, 7) is 0. The van der Waals surface area contributed by atoms with Crippen molar-refractivity contribution in [2.24, 2.45) is 0 Å². The van der Waals surface area contributed by atoms with Crippen molar-refractivity contribution in [1.29, 1.82) is 0 Å². The fraction of sp³-hybridized carbons (Fsp3) is 0.